The number of hydrogen-bond acceptors (Lipinski definition) is 4. The maximum absolute atomic E-state index is 11.4. The van der Waals surface area contributed by atoms with Crippen molar-refractivity contribution in [3.8, 4) is 11.1 Å². The van der Waals surface area contributed by atoms with E-state index in [-0.39, 0.29) is 4.90 Å². The van der Waals surface area contributed by atoms with E-state index < -0.39 is 10.0 Å². The Morgan fingerprint density at radius 2 is 1.70 bits per heavy atom. The Bertz CT molecular complexity index is 1210. The Balaban J connectivity index is 1.81. The van der Waals surface area contributed by atoms with Gasteiger partial charge in [-0.1, -0.05) is 42.5 Å². The van der Waals surface area contributed by atoms with E-state index in [9.17, 15) is 8.42 Å². The minimum Gasteiger partial charge on any atom is -0.323 e. The summed E-state index contributed by atoms with van der Waals surface area (Å²) in [7, 11) is -3.69. The second-order valence-electron chi connectivity index (χ2n) is 6.35. The van der Waals surface area contributed by atoms with Crippen molar-refractivity contribution in [2.75, 3.05) is 0 Å². The van der Waals surface area contributed by atoms with Crippen LogP contribution in [0.15, 0.2) is 71.9 Å². The van der Waals surface area contributed by atoms with Gasteiger partial charge in [0.2, 0.25) is 10.0 Å². The van der Waals surface area contributed by atoms with E-state index in [0.29, 0.717) is 6.54 Å². The van der Waals surface area contributed by atoms with Gasteiger partial charge >= 0.3 is 0 Å². The van der Waals surface area contributed by atoms with Crippen LogP contribution < -0.4 is 5.14 Å². The van der Waals surface area contributed by atoms with Gasteiger partial charge in [0.1, 0.15) is 11.3 Å². The molecule has 2 aromatic heterocycles. The van der Waals surface area contributed by atoms with E-state index in [1.165, 1.54) is 12.1 Å². The Kier molecular flexibility index (Phi) is 4.25. The average molecular weight is 378 g/mol. The molecule has 2 aromatic carbocycles. The van der Waals surface area contributed by atoms with Gasteiger partial charge in [0.05, 0.1) is 16.6 Å². The third-order valence-corrected chi connectivity index (χ3v) is 5.45. The number of pyridine rings is 1. The molecule has 6 nitrogen and oxygen atoms in total. The number of benzene rings is 2. The fraction of sp³-hybridized carbons (Fsp3) is 0.100. The second kappa shape index (κ2) is 6.61. The van der Waals surface area contributed by atoms with Gasteiger partial charge in [-0.05, 0) is 30.2 Å². The van der Waals surface area contributed by atoms with Crippen molar-refractivity contribution in [3.63, 3.8) is 0 Å². The summed E-state index contributed by atoms with van der Waals surface area (Å²) < 4.78 is 25.0. The van der Waals surface area contributed by atoms with Gasteiger partial charge in [0, 0.05) is 18.3 Å². The van der Waals surface area contributed by atoms with Crippen LogP contribution in [0, 0.1) is 6.92 Å². The third-order valence-electron chi connectivity index (χ3n) is 4.52. The molecule has 0 spiro atoms. The highest BCUT2D eigenvalue weighted by Gasteiger charge is 2.14. The van der Waals surface area contributed by atoms with Crippen molar-refractivity contribution < 1.29 is 8.42 Å². The van der Waals surface area contributed by atoms with Gasteiger partial charge in [-0.2, -0.15) is 0 Å². The van der Waals surface area contributed by atoms with Crippen LogP contribution in [0.5, 0.6) is 0 Å². The lowest BCUT2D eigenvalue weighted by Gasteiger charge is -2.11. The number of nitrogens with zero attached hydrogens (tertiary/aromatic N) is 3. The number of nitrogens with two attached hydrogens (primary N) is 1. The molecule has 4 rings (SSSR count). The van der Waals surface area contributed by atoms with Crippen LogP contribution in [-0.2, 0) is 16.6 Å². The summed E-state index contributed by atoms with van der Waals surface area (Å²) in [6, 6.07) is 16.7. The van der Waals surface area contributed by atoms with Crippen molar-refractivity contribution in [2.45, 2.75) is 18.4 Å². The standard InChI is InChI=1S/C20H18N4O2S/c1-14-23-19-12-22-11-18(16-5-3-2-4-6-16)20(19)24(14)13-15-7-9-17(10-8-15)27(21,25)26/h2-12H,13H2,1H3,(H2,21,25,26). The summed E-state index contributed by atoms with van der Waals surface area (Å²) in [6.45, 7) is 2.52. The van der Waals surface area contributed by atoms with Crippen LogP contribution in [0.2, 0.25) is 0 Å². The van der Waals surface area contributed by atoms with Gasteiger partial charge in [-0.25, -0.2) is 18.5 Å². The zero-order valence-electron chi connectivity index (χ0n) is 14.7. The Labute approximate surface area is 157 Å². The Hall–Kier alpha value is -3.03. The highest BCUT2D eigenvalue weighted by atomic mass is 32.2. The lowest BCUT2D eigenvalue weighted by Crippen LogP contribution is -2.12. The molecule has 0 aliphatic rings. The molecule has 2 heterocycles. The number of fused-ring (bicyclic) bond motifs is 1. The number of primary sulfonamides is 1. The monoisotopic (exact) mass is 378 g/mol. The summed E-state index contributed by atoms with van der Waals surface area (Å²) in [5.41, 5.74) is 4.87. The molecular formula is C20H18N4O2S. The van der Waals surface area contributed by atoms with Gasteiger partial charge < -0.3 is 4.57 Å². The van der Waals surface area contributed by atoms with Crippen molar-refractivity contribution >= 4 is 21.1 Å². The Morgan fingerprint density at radius 3 is 2.37 bits per heavy atom. The average Bonchev–Trinajstić information content (AvgIpc) is 2.97. The van der Waals surface area contributed by atoms with Crippen molar-refractivity contribution in [1.82, 2.24) is 14.5 Å². The zero-order chi connectivity index (χ0) is 19.0. The first-order chi connectivity index (χ1) is 12.9. The first kappa shape index (κ1) is 17.4. The van der Waals surface area contributed by atoms with Gasteiger partial charge in [-0.3, -0.25) is 4.98 Å². The molecule has 0 bridgehead atoms. The highest BCUT2D eigenvalue weighted by molar-refractivity contribution is 7.89. The predicted octanol–water partition coefficient (Wildman–Crippen LogP) is 3.10. The number of sulfonamides is 1. The van der Waals surface area contributed by atoms with E-state index in [2.05, 4.69) is 14.5 Å². The number of hydrogen-bond donors (Lipinski definition) is 1. The van der Waals surface area contributed by atoms with E-state index >= 15 is 0 Å². The number of rotatable bonds is 4. The molecule has 136 valence electrons. The second-order valence-corrected chi connectivity index (χ2v) is 7.92. The third kappa shape index (κ3) is 3.34. The molecule has 0 fully saturated rings. The van der Waals surface area contributed by atoms with Crippen LogP contribution in [-0.4, -0.2) is 23.0 Å². The molecule has 0 atom stereocenters. The molecule has 0 saturated carbocycles. The Morgan fingerprint density at radius 1 is 1.00 bits per heavy atom. The normalized spacial score (nSPS) is 11.8. The number of imidazole rings is 1. The van der Waals surface area contributed by atoms with Gasteiger partial charge in [0.15, 0.2) is 0 Å². The van der Waals surface area contributed by atoms with Gasteiger partial charge in [0.25, 0.3) is 0 Å². The van der Waals surface area contributed by atoms with E-state index in [1.807, 2.05) is 43.5 Å². The summed E-state index contributed by atoms with van der Waals surface area (Å²) in [5, 5.41) is 5.18. The summed E-state index contributed by atoms with van der Waals surface area (Å²) in [5.74, 6) is 0.866. The largest absolute Gasteiger partial charge is 0.323 e. The van der Waals surface area contributed by atoms with E-state index in [4.69, 9.17) is 5.14 Å². The minimum atomic E-state index is -3.69. The summed E-state index contributed by atoms with van der Waals surface area (Å²) in [4.78, 5) is 9.07. The molecule has 0 amide bonds. The van der Waals surface area contributed by atoms with Crippen molar-refractivity contribution in [1.29, 1.82) is 0 Å². The minimum absolute atomic E-state index is 0.104. The van der Waals surface area contributed by atoms with Crippen LogP contribution in [0.1, 0.15) is 11.4 Å². The van der Waals surface area contributed by atoms with E-state index in [1.54, 1.807) is 18.3 Å². The van der Waals surface area contributed by atoms with Crippen LogP contribution in [0.4, 0.5) is 0 Å². The van der Waals surface area contributed by atoms with Crippen LogP contribution in [0.25, 0.3) is 22.2 Å². The molecule has 7 heteroatoms. The number of aryl methyl sites for hydroxylation is 1. The molecule has 0 saturated heterocycles. The lowest BCUT2D eigenvalue weighted by molar-refractivity contribution is 0.597. The molecule has 27 heavy (non-hydrogen) atoms. The fourth-order valence-electron chi connectivity index (χ4n) is 3.19. The van der Waals surface area contributed by atoms with Crippen molar-refractivity contribution in [3.05, 3.63) is 78.4 Å². The first-order valence-corrected chi connectivity index (χ1v) is 9.96. The molecule has 0 aliphatic carbocycles. The molecular weight excluding hydrogens is 360 g/mol. The molecule has 4 aromatic rings. The highest BCUT2D eigenvalue weighted by Crippen LogP contribution is 2.29. The molecule has 0 radical (unpaired) electrons. The SMILES string of the molecule is Cc1nc2cncc(-c3ccccc3)c2n1Cc1ccc(S(N)(=O)=O)cc1. The quantitative estimate of drug-likeness (QED) is 0.591. The predicted molar refractivity (Wildman–Crippen MR) is 105 cm³/mol. The van der Waals surface area contributed by atoms with E-state index in [0.717, 1.165) is 33.5 Å². The maximum Gasteiger partial charge on any atom is 0.238 e. The zero-order valence-corrected chi connectivity index (χ0v) is 15.5. The maximum atomic E-state index is 11.4. The summed E-state index contributed by atoms with van der Waals surface area (Å²) in [6.07, 6.45) is 3.61. The molecule has 2 N–H and O–H groups in total. The lowest BCUT2D eigenvalue weighted by atomic mass is 10.1. The number of aromatic nitrogens is 3. The van der Waals surface area contributed by atoms with Crippen LogP contribution in [0.3, 0.4) is 0 Å². The summed E-state index contributed by atoms with van der Waals surface area (Å²) >= 11 is 0. The first-order valence-electron chi connectivity index (χ1n) is 8.41. The topological polar surface area (TPSA) is 90.9 Å². The van der Waals surface area contributed by atoms with Crippen LogP contribution >= 0.6 is 0 Å². The smallest absolute Gasteiger partial charge is 0.238 e. The fourth-order valence-corrected chi connectivity index (χ4v) is 3.71. The molecule has 0 aliphatic heterocycles. The van der Waals surface area contributed by atoms with Crippen molar-refractivity contribution in [2.24, 2.45) is 5.14 Å². The van der Waals surface area contributed by atoms with Gasteiger partial charge in [-0.15, -0.1) is 0 Å². The molecule has 0 unspecified atom stereocenters.